The number of carbonyl (C=O) groups is 2. The number of nitrogens with zero attached hydrogens (tertiary/aromatic N) is 2. The maximum Gasteiger partial charge on any atom is 0.255 e. The number of para-hydroxylation sites is 2. The molecule has 7 nitrogen and oxygen atoms in total. The van der Waals surface area contributed by atoms with Crippen LogP contribution in [0, 0.1) is 0 Å². The normalized spacial score (nSPS) is 10.6. The minimum atomic E-state index is -0.263. The van der Waals surface area contributed by atoms with E-state index in [2.05, 4.69) is 20.6 Å². The zero-order chi connectivity index (χ0) is 21.6. The lowest BCUT2D eigenvalue weighted by molar-refractivity contribution is -0.113. The molecule has 4 rings (SSSR count). The Morgan fingerprint density at radius 2 is 1.84 bits per heavy atom. The minimum Gasteiger partial charge on any atom is -0.495 e. The molecule has 0 saturated carbocycles. The largest absolute Gasteiger partial charge is 0.495 e. The van der Waals surface area contributed by atoms with E-state index in [9.17, 15) is 9.59 Å². The van der Waals surface area contributed by atoms with Crippen molar-refractivity contribution in [3.05, 3.63) is 71.9 Å². The molecule has 0 aliphatic carbocycles. The van der Waals surface area contributed by atoms with E-state index in [-0.39, 0.29) is 17.6 Å². The number of hydrogen-bond acceptors (Lipinski definition) is 7. The molecule has 0 fully saturated rings. The summed E-state index contributed by atoms with van der Waals surface area (Å²) in [5.74, 6) is 0.387. The molecule has 2 N–H and O–H groups in total. The Balaban J connectivity index is 1.34. The molecule has 2 aromatic heterocycles. The number of thiophene rings is 1. The molecular formula is C22H18N4O3S2. The maximum atomic E-state index is 12.5. The summed E-state index contributed by atoms with van der Waals surface area (Å²) in [7, 11) is 1.55. The van der Waals surface area contributed by atoms with Gasteiger partial charge in [0.2, 0.25) is 5.91 Å². The second-order valence-electron chi connectivity index (χ2n) is 6.39. The molecule has 0 aliphatic rings. The highest BCUT2D eigenvalue weighted by molar-refractivity contribution is 8.00. The molecule has 0 aliphatic heterocycles. The van der Waals surface area contributed by atoms with Crippen molar-refractivity contribution in [3.8, 4) is 5.75 Å². The van der Waals surface area contributed by atoms with E-state index in [1.54, 1.807) is 43.5 Å². The van der Waals surface area contributed by atoms with E-state index in [4.69, 9.17) is 4.74 Å². The van der Waals surface area contributed by atoms with Crippen molar-refractivity contribution in [3.63, 3.8) is 0 Å². The summed E-state index contributed by atoms with van der Waals surface area (Å²) in [6.45, 7) is 0. The first-order valence-electron chi connectivity index (χ1n) is 9.29. The topological polar surface area (TPSA) is 93.2 Å². The van der Waals surface area contributed by atoms with Crippen LogP contribution in [-0.4, -0.2) is 34.6 Å². The lowest BCUT2D eigenvalue weighted by atomic mass is 10.2. The van der Waals surface area contributed by atoms with Gasteiger partial charge in [0, 0.05) is 16.6 Å². The first kappa shape index (κ1) is 20.8. The third-order valence-corrected chi connectivity index (χ3v) is 6.18. The van der Waals surface area contributed by atoms with Crippen LogP contribution in [0.15, 0.2) is 71.3 Å². The summed E-state index contributed by atoms with van der Waals surface area (Å²) < 4.78 is 5.25. The van der Waals surface area contributed by atoms with Gasteiger partial charge in [-0.2, -0.15) is 0 Å². The van der Waals surface area contributed by atoms with Crippen LogP contribution in [0.4, 0.5) is 11.4 Å². The summed E-state index contributed by atoms with van der Waals surface area (Å²) in [5, 5.41) is 9.35. The van der Waals surface area contributed by atoms with Gasteiger partial charge in [0.25, 0.3) is 5.91 Å². The fraction of sp³-hybridized carbons (Fsp3) is 0.0909. The smallest absolute Gasteiger partial charge is 0.255 e. The van der Waals surface area contributed by atoms with Crippen molar-refractivity contribution in [2.24, 2.45) is 0 Å². The van der Waals surface area contributed by atoms with Crippen molar-refractivity contribution in [2.75, 3.05) is 23.5 Å². The number of nitrogens with one attached hydrogen (secondary N) is 2. The highest BCUT2D eigenvalue weighted by Crippen LogP contribution is 2.28. The van der Waals surface area contributed by atoms with Crippen LogP contribution in [-0.2, 0) is 4.79 Å². The number of hydrogen-bond donors (Lipinski definition) is 2. The standard InChI is InChI=1S/C22H18N4O3S2/c1-29-18-5-3-2-4-17(18)26-20(28)14-6-8-15(9-7-14)25-19(27)12-31-22-16-10-11-30-21(16)23-13-24-22/h2-11,13H,12H2,1H3,(H,25,27)(H,26,28). The number of benzene rings is 2. The van der Waals surface area contributed by atoms with Gasteiger partial charge < -0.3 is 15.4 Å². The lowest BCUT2D eigenvalue weighted by Crippen LogP contribution is -2.15. The highest BCUT2D eigenvalue weighted by Gasteiger charge is 2.11. The highest BCUT2D eigenvalue weighted by atomic mass is 32.2. The number of amides is 2. The van der Waals surface area contributed by atoms with E-state index < -0.39 is 0 Å². The molecule has 0 radical (unpaired) electrons. The second-order valence-corrected chi connectivity index (χ2v) is 8.25. The second kappa shape index (κ2) is 9.59. The minimum absolute atomic E-state index is 0.154. The number of methoxy groups -OCH3 is 1. The van der Waals surface area contributed by atoms with Gasteiger partial charge in [-0.3, -0.25) is 9.59 Å². The Morgan fingerprint density at radius 1 is 1.03 bits per heavy atom. The van der Waals surface area contributed by atoms with Crippen molar-refractivity contribution in [1.82, 2.24) is 9.97 Å². The Bertz CT molecular complexity index is 1220. The Kier molecular flexibility index (Phi) is 6.44. The van der Waals surface area contributed by atoms with Gasteiger partial charge >= 0.3 is 0 Å². The molecule has 0 unspecified atom stereocenters. The average molecular weight is 451 g/mol. The van der Waals surface area contributed by atoms with Gasteiger partial charge in [0.15, 0.2) is 0 Å². The average Bonchev–Trinajstić information content (AvgIpc) is 3.28. The first-order chi connectivity index (χ1) is 15.1. The number of rotatable bonds is 7. The van der Waals surface area contributed by atoms with Crippen LogP contribution in [0.1, 0.15) is 10.4 Å². The summed E-state index contributed by atoms with van der Waals surface area (Å²) in [6, 6.07) is 15.9. The van der Waals surface area contributed by atoms with E-state index >= 15 is 0 Å². The van der Waals surface area contributed by atoms with Gasteiger partial charge in [0.05, 0.1) is 18.6 Å². The Hall–Kier alpha value is -3.43. The molecule has 2 amide bonds. The summed E-state index contributed by atoms with van der Waals surface area (Å²) in [6.07, 6.45) is 1.51. The molecule has 2 aromatic carbocycles. The van der Waals surface area contributed by atoms with Gasteiger partial charge in [-0.25, -0.2) is 9.97 Å². The Labute approximate surface area is 186 Å². The van der Waals surface area contributed by atoms with E-state index in [0.717, 1.165) is 15.2 Å². The monoisotopic (exact) mass is 450 g/mol. The molecular weight excluding hydrogens is 432 g/mol. The number of fused-ring (bicyclic) bond motifs is 1. The van der Waals surface area contributed by atoms with Crippen molar-refractivity contribution < 1.29 is 14.3 Å². The summed E-state index contributed by atoms with van der Waals surface area (Å²) in [5.41, 5.74) is 1.68. The van der Waals surface area contributed by atoms with Crippen LogP contribution < -0.4 is 15.4 Å². The molecule has 0 spiro atoms. The number of carbonyl (C=O) groups excluding carboxylic acids is 2. The number of aromatic nitrogens is 2. The first-order valence-corrected chi connectivity index (χ1v) is 11.2. The van der Waals surface area contributed by atoms with Gasteiger partial charge in [-0.1, -0.05) is 23.9 Å². The van der Waals surface area contributed by atoms with Crippen LogP contribution >= 0.6 is 23.1 Å². The SMILES string of the molecule is COc1ccccc1NC(=O)c1ccc(NC(=O)CSc2ncnc3sccc23)cc1. The van der Waals surface area contributed by atoms with Gasteiger partial charge in [-0.15, -0.1) is 11.3 Å². The molecule has 2 heterocycles. The number of thioether (sulfide) groups is 1. The van der Waals surface area contributed by atoms with Crippen LogP contribution in [0.25, 0.3) is 10.2 Å². The van der Waals surface area contributed by atoms with Crippen LogP contribution in [0.3, 0.4) is 0 Å². The quantitative estimate of drug-likeness (QED) is 0.314. The zero-order valence-electron chi connectivity index (χ0n) is 16.5. The Morgan fingerprint density at radius 3 is 2.65 bits per heavy atom. The van der Waals surface area contributed by atoms with Crippen LogP contribution in [0.5, 0.6) is 5.75 Å². The van der Waals surface area contributed by atoms with E-state index in [0.29, 0.717) is 22.7 Å². The van der Waals surface area contributed by atoms with E-state index in [1.165, 1.54) is 29.4 Å². The van der Waals surface area contributed by atoms with Crippen molar-refractivity contribution in [2.45, 2.75) is 5.03 Å². The molecule has 31 heavy (non-hydrogen) atoms. The fourth-order valence-corrected chi connectivity index (χ4v) is 4.44. The predicted octanol–water partition coefficient (Wildman–Crippen LogP) is 4.68. The lowest BCUT2D eigenvalue weighted by Gasteiger charge is -2.10. The third-order valence-electron chi connectivity index (χ3n) is 4.35. The van der Waals surface area contributed by atoms with E-state index in [1.807, 2.05) is 23.6 Å². The molecule has 0 bridgehead atoms. The summed E-state index contributed by atoms with van der Waals surface area (Å²) in [4.78, 5) is 34.2. The van der Waals surface area contributed by atoms with Gasteiger partial charge in [-0.05, 0) is 47.8 Å². The molecule has 0 saturated heterocycles. The fourth-order valence-electron chi connectivity index (χ4n) is 2.86. The number of ether oxygens (including phenoxy) is 1. The maximum absolute atomic E-state index is 12.5. The number of anilines is 2. The third kappa shape index (κ3) is 5.01. The molecule has 4 aromatic rings. The van der Waals surface area contributed by atoms with Crippen molar-refractivity contribution in [1.29, 1.82) is 0 Å². The predicted molar refractivity (Wildman–Crippen MR) is 124 cm³/mol. The zero-order valence-corrected chi connectivity index (χ0v) is 18.1. The van der Waals surface area contributed by atoms with Crippen LogP contribution in [0.2, 0.25) is 0 Å². The molecule has 0 atom stereocenters. The summed E-state index contributed by atoms with van der Waals surface area (Å²) >= 11 is 2.90. The molecule has 156 valence electrons. The van der Waals surface area contributed by atoms with Gasteiger partial charge in [0.1, 0.15) is 21.9 Å². The van der Waals surface area contributed by atoms with Crippen molar-refractivity contribution >= 4 is 56.5 Å². The molecule has 9 heteroatoms.